The Bertz CT molecular complexity index is 666. The van der Waals surface area contributed by atoms with Crippen LogP contribution in [-0.2, 0) is 14.6 Å². The molecule has 3 atom stereocenters. The van der Waals surface area contributed by atoms with Gasteiger partial charge in [-0.25, -0.2) is 12.8 Å². The molecule has 0 saturated carbocycles. The van der Waals surface area contributed by atoms with Gasteiger partial charge in [-0.15, -0.1) is 12.4 Å². The van der Waals surface area contributed by atoms with Crippen LogP contribution in [0.2, 0.25) is 0 Å². The third-order valence-electron chi connectivity index (χ3n) is 4.34. The zero-order valence-electron chi connectivity index (χ0n) is 13.8. The lowest BCUT2D eigenvalue weighted by Crippen LogP contribution is -2.40. The van der Waals surface area contributed by atoms with Gasteiger partial charge in [-0.2, -0.15) is 0 Å². The first-order valence-electron chi connectivity index (χ1n) is 7.73. The largest absolute Gasteiger partial charge is 0.339 e. The van der Waals surface area contributed by atoms with E-state index in [1.807, 2.05) is 6.92 Å². The summed E-state index contributed by atoms with van der Waals surface area (Å²) in [6, 6.07) is 4.74. The van der Waals surface area contributed by atoms with E-state index in [2.05, 4.69) is 0 Å². The van der Waals surface area contributed by atoms with Crippen LogP contribution in [0, 0.1) is 17.7 Å². The Labute approximate surface area is 148 Å². The van der Waals surface area contributed by atoms with Crippen molar-refractivity contribution in [1.29, 1.82) is 0 Å². The molecule has 0 aliphatic carbocycles. The Balaban J connectivity index is 0.00000288. The zero-order valence-corrected chi connectivity index (χ0v) is 15.4. The van der Waals surface area contributed by atoms with Gasteiger partial charge in [0.2, 0.25) is 5.91 Å². The van der Waals surface area contributed by atoms with Gasteiger partial charge in [0.1, 0.15) is 5.82 Å². The van der Waals surface area contributed by atoms with Crippen molar-refractivity contribution in [3.63, 3.8) is 0 Å². The minimum Gasteiger partial charge on any atom is -0.339 e. The van der Waals surface area contributed by atoms with Crippen molar-refractivity contribution in [2.24, 2.45) is 17.6 Å². The summed E-state index contributed by atoms with van der Waals surface area (Å²) in [5.74, 6) is -1.32. The first kappa shape index (κ1) is 20.9. The van der Waals surface area contributed by atoms with Crippen LogP contribution < -0.4 is 5.73 Å². The maximum absolute atomic E-state index is 12.9. The molecular formula is C16H24ClFN2O3S. The quantitative estimate of drug-likeness (QED) is 0.793. The van der Waals surface area contributed by atoms with Crippen LogP contribution in [-0.4, -0.2) is 44.1 Å². The van der Waals surface area contributed by atoms with Crippen LogP contribution in [0.15, 0.2) is 29.2 Å². The van der Waals surface area contributed by atoms with Gasteiger partial charge in [-0.05, 0) is 50.1 Å². The van der Waals surface area contributed by atoms with Gasteiger partial charge in [0, 0.05) is 18.5 Å². The zero-order chi connectivity index (χ0) is 17.2. The van der Waals surface area contributed by atoms with Gasteiger partial charge in [-0.3, -0.25) is 4.79 Å². The van der Waals surface area contributed by atoms with E-state index in [1.54, 1.807) is 11.8 Å². The van der Waals surface area contributed by atoms with E-state index in [9.17, 15) is 17.6 Å². The van der Waals surface area contributed by atoms with E-state index < -0.39 is 21.6 Å². The Morgan fingerprint density at radius 3 is 2.46 bits per heavy atom. The first-order valence-corrected chi connectivity index (χ1v) is 9.38. The highest BCUT2D eigenvalue weighted by Crippen LogP contribution is 2.25. The van der Waals surface area contributed by atoms with Crippen molar-refractivity contribution in [3.8, 4) is 0 Å². The van der Waals surface area contributed by atoms with Crippen molar-refractivity contribution in [1.82, 2.24) is 4.90 Å². The van der Waals surface area contributed by atoms with E-state index in [-0.39, 0.29) is 40.9 Å². The summed E-state index contributed by atoms with van der Waals surface area (Å²) >= 11 is 0. The Hall–Kier alpha value is -1.18. The minimum atomic E-state index is -3.63. The van der Waals surface area contributed by atoms with Crippen molar-refractivity contribution in [3.05, 3.63) is 30.1 Å². The predicted octanol–water partition coefficient (Wildman–Crippen LogP) is 1.85. The molecule has 1 saturated heterocycles. The summed E-state index contributed by atoms with van der Waals surface area (Å²) in [4.78, 5) is 14.3. The first-order chi connectivity index (χ1) is 10.7. The Morgan fingerprint density at radius 1 is 1.38 bits per heavy atom. The van der Waals surface area contributed by atoms with Gasteiger partial charge < -0.3 is 10.6 Å². The van der Waals surface area contributed by atoms with Crippen LogP contribution >= 0.6 is 12.4 Å². The standard InChI is InChI=1S/C16H23FN2O3S.ClH/c1-11(16(20)19-9-13(8-18)7-12(19)2)10-23(21,22)15-5-3-14(17)4-6-15;/h3-6,11-13H,7-10,18H2,1-2H3;1H. The molecule has 1 aromatic carbocycles. The minimum absolute atomic E-state index is 0. The number of amides is 1. The smallest absolute Gasteiger partial charge is 0.226 e. The summed E-state index contributed by atoms with van der Waals surface area (Å²) in [7, 11) is -3.63. The Morgan fingerprint density at radius 2 is 1.96 bits per heavy atom. The maximum atomic E-state index is 12.9. The number of hydrogen-bond donors (Lipinski definition) is 1. The van der Waals surface area contributed by atoms with Crippen molar-refractivity contribution < 1.29 is 17.6 Å². The topological polar surface area (TPSA) is 80.5 Å². The molecule has 2 rings (SSSR count). The van der Waals surface area contributed by atoms with E-state index in [0.29, 0.717) is 13.1 Å². The van der Waals surface area contributed by atoms with E-state index in [4.69, 9.17) is 5.73 Å². The number of halogens is 2. The van der Waals surface area contributed by atoms with Gasteiger partial charge in [0.15, 0.2) is 9.84 Å². The molecule has 24 heavy (non-hydrogen) atoms. The molecular weight excluding hydrogens is 355 g/mol. The number of nitrogens with two attached hydrogens (primary N) is 1. The van der Waals surface area contributed by atoms with Gasteiger partial charge in [0.05, 0.1) is 10.6 Å². The number of likely N-dealkylation sites (tertiary alicyclic amines) is 1. The van der Waals surface area contributed by atoms with E-state index in [1.165, 1.54) is 12.1 Å². The summed E-state index contributed by atoms with van der Waals surface area (Å²) in [5, 5.41) is 0. The number of carbonyl (C=O) groups excluding carboxylic acids is 1. The molecule has 1 aliphatic heterocycles. The lowest BCUT2D eigenvalue weighted by molar-refractivity contribution is -0.134. The van der Waals surface area contributed by atoms with Crippen LogP contribution in [0.5, 0.6) is 0 Å². The molecule has 1 fully saturated rings. The number of carbonyl (C=O) groups is 1. The molecule has 1 aliphatic rings. The molecule has 8 heteroatoms. The molecule has 5 nitrogen and oxygen atoms in total. The van der Waals surface area contributed by atoms with Crippen LogP contribution in [0.25, 0.3) is 0 Å². The molecule has 136 valence electrons. The Kier molecular flexibility index (Phi) is 7.19. The fourth-order valence-corrected chi connectivity index (χ4v) is 4.59. The molecule has 1 aromatic rings. The highest BCUT2D eigenvalue weighted by atomic mass is 35.5. The van der Waals surface area contributed by atoms with Gasteiger partial charge in [0.25, 0.3) is 0 Å². The highest BCUT2D eigenvalue weighted by molar-refractivity contribution is 7.91. The number of sulfone groups is 1. The summed E-state index contributed by atoms with van der Waals surface area (Å²) < 4.78 is 37.6. The molecule has 1 heterocycles. The van der Waals surface area contributed by atoms with E-state index >= 15 is 0 Å². The van der Waals surface area contributed by atoms with Gasteiger partial charge in [-0.1, -0.05) is 6.92 Å². The SMILES string of the molecule is CC(CS(=O)(=O)c1ccc(F)cc1)C(=O)N1CC(CN)CC1C.Cl. The number of hydrogen-bond acceptors (Lipinski definition) is 4. The monoisotopic (exact) mass is 378 g/mol. The van der Waals surface area contributed by atoms with Crippen LogP contribution in [0.3, 0.4) is 0 Å². The third-order valence-corrected chi connectivity index (χ3v) is 6.27. The van der Waals surface area contributed by atoms with Crippen molar-refractivity contribution >= 4 is 28.2 Å². The average Bonchev–Trinajstić information content (AvgIpc) is 2.87. The van der Waals surface area contributed by atoms with Crippen LogP contribution in [0.4, 0.5) is 4.39 Å². The number of nitrogens with zero attached hydrogens (tertiary/aromatic N) is 1. The highest BCUT2D eigenvalue weighted by Gasteiger charge is 2.35. The summed E-state index contributed by atoms with van der Waals surface area (Å²) in [5.41, 5.74) is 5.66. The van der Waals surface area contributed by atoms with Crippen LogP contribution in [0.1, 0.15) is 20.3 Å². The second-order valence-electron chi connectivity index (χ2n) is 6.31. The number of rotatable bonds is 5. The predicted molar refractivity (Wildman–Crippen MR) is 93.2 cm³/mol. The molecule has 3 unspecified atom stereocenters. The molecule has 0 radical (unpaired) electrons. The molecule has 2 N–H and O–H groups in total. The summed E-state index contributed by atoms with van der Waals surface area (Å²) in [6.07, 6.45) is 0.847. The fraction of sp³-hybridized carbons (Fsp3) is 0.562. The van der Waals surface area contributed by atoms with E-state index in [0.717, 1.165) is 18.6 Å². The average molecular weight is 379 g/mol. The lowest BCUT2D eigenvalue weighted by Gasteiger charge is -2.25. The van der Waals surface area contributed by atoms with Crippen molar-refractivity contribution in [2.75, 3.05) is 18.8 Å². The second-order valence-corrected chi connectivity index (χ2v) is 8.35. The molecule has 1 amide bonds. The third kappa shape index (κ3) is 4.68. The fourth-order valence-electron chi connectivity index (χ4n) is 3.04. The number of benzene rings is 1. The van der Waals surface area contributed by atoms with Crippen molar-refractivity contribution in [2.45, 2.75) is 31.2 Å². The second kappa shape index (κ2) is 8.27. The summed E-state index contributed by atoms with van der Waals surface area (Å²) in [6.45, 7) is 4.68. The molecule has 0 spiro atoms. The van der Waals surface area contributed by atoms with Gasteiger partial charge >= 0.3 is 0 Å². The molecule has 0 aromatic heterocycles. The normalized spacial score (nSPS) is 22.1. The molecule has 0 bridgehead atoms. The maximum Gasteiger partial charge on any atom is 0.226 e. The lowest BCUT2D eigenvalue weighted by atomic mass is 10.1.